The van der Waals surface area contributed by atoms with E-state index < -0.39 is 0 Å². The lowest BCUT2D eigenvalue weighted by Crippen LogP contribution is -1.95. The van der Waals surface area contributed by atoms with Crippen LogP contribution in [-0.2, 0) is 12.8 Å². The molecule has 0 saturated heterocycles. The van der Waals surface area contributed by atoms with Crippen molar-refractivity contribution >= 4 is 15.9 Å². The Balaban J connectivity index is 2.11. The van der Waals surface area contributed by atoms with Gasteiger partial charge >= 0.3 is 0 Å². The van der Waals surface area contributed by atoms with Gasteiger partial charge in [0.25, 0.3) is 0 Å². The highest BCUT2D eigenvalue weighted by Crippen LogP contribution is 2.27. The van der Waals surface area contributed by atoms with E-state index in [-0.39, 0.29) is 0 Å². The third kappa shape index (κ3) is 1.65. The zero-order chi connectivity index (χ0) is 11.0. The van der Waals surface area contributed by atoms with E-state index in [1.807, 2.05) is 30.5 Å². The fourth-order valence-corrected chi connectivity index (χ4v) is 2.55. The maximum Gasteiger partial charge on any atom is 0.160 e. The van der Waals surface area contributed by atoms with Gasteiger partial charge < -0.3 is 0 Å². The molecule has 1 aromatic heterocycles. The molecule has 0 atom stereocenters. The summed E-state index contributed by atoms with van der Waals surface area (Å²) in [7, 11) is 0. The lowest BCUT2D eigenvalue weighted by molar-refractivity contribution is 0.900. The van der Waals surface area contributed by atoms with Crippen molar-refractivity contribution < 1.29 is 0 Å². The minimum Gasteiger partial charge on any atom is -0.236 e. The largest absolute Gasteiger partial charge is 0.236 e. The lowest BCUT2D eigenvalue weighted by Gasteiger charge is -2.04. The first kappa shape index (κ1) is 9.97. The van der Waals surface area contributed by atoms with Gasteiger partial charge in [-0.2, -0.15) is 0 Å². The number of hydrogen-bond donors (Lipinski definition) is 0. The number of hydrogen-bond acceptors (Lipinski definition) is 2. The van der Waals surface area contributed by atoms with Gasteiger partial charge in [-0.05, 0) is 30.9 Å². The van der Waals surface area contributed by atoms with E-state index >= 15 is 0 Å². The van der Waals surface area contributed by atoms with E-state index in [2.05, 4.69) is 25.9 Å². The summed E-state index contributed by atoms with van der Waals surface area (Å²) >= 11 is 3.53. The molecule has 0 amide bonds. The van der Waals surface area contributed by atoms with Crippen LogP contribution in [0.3, 0.4) is 0 Å². The molecule has 0 N–H and O–H groups in total. The van der Waals surface area contributed by atoms with Crippen molar-refractivity contribution in [3.05, 3.63) is 46.2 Å². The van der Waals surface area contributed by atoms with Gasteiger partial charge in [-0.25, -0.2) is 9.97 Å². The third-order valence-corrected chi connectivity index (χ3v) is 3.62. The van der Waals surface area contributed by atoms with Crippen LogP contribution >= 0.6 is 15.9 Å². The molecule has 0 unspecified atom stereocenters. The number of aromatic nitrogens is 2. The monoisotopic (exact) mass is 274 g/mol. The van der Waals surface area contributed by atoms with Crippen LogP contribution in [0.4, 0.5) is 0 Å². The Morgan fingerprint density at radius 3 is 2.88 bits per heavy atom. The van der Waals surface area contributed by atoms with E-state index in [4.69, 9.17) is 0 Å². The molecule has 0 aliphatic heterocycles. The van der Waals surface area contributed by atoms with Gasteiger partial charge in [0.2, 0.25) is 0 Å². The zero-order valence-electron chi connectivity index (χ0n) is 8.78. The van der Waals surface area contributed by atoms with Crippen LogP contribution in [-0.4, -0.2) is 9.97 Å². The van der Waals surface area contributed by atoms with E-state index in [1.54, 1.807) is 0 Å². The molecule has 0 radical (unpaired) electrons. The number of aryl methyl sites for hydroxylation is 2. The van der Waals surface area contributed by atoms with E-state index in [9.17, 15) is 0 Å². The van der Waals surface area contributed by atoms with Crippen molar-refractivity contribution in [2.24, 2.45) is 0 Å². The van der Waals surface area contributed by atoms with Gasteiger partial charge in [-0.15, -0.1) is 0 Å². The molecular weight excluding hydrogens is 264 g/mol. The van der Waals surface area contributed by atoms with Gasteiger partial charge in [0.15, 0.2) is 5.82 Å². The lowest BCUT2D eigenvalue weighted by atomic mass is 10.2. The van der Waals surface area contributed by atoms with Gasteiger partial charge in [-0.3, -0.25) is 0 Å². The first-order valence-corrected chi connectivity index (χ1v) is 6.23. The van der Waals surface area contributed by atoms with Crippen molar-refractivity contribution in [2.45, 2.75) is 19.3 Å². The predicted molar refractivity (Wildman–Crippen MR) is 67.2 cm³/mol. The highest BCUT2D eigenvalue weighted by atomic mass is 79.9. The highest BCUT2D eigenvalue weighted by Gasteiger charge is 2.14. The molecule has 1 heterocycles. The molecule has 2 nitrogen and oxygen atoms in total. The van der Waals surface area contributed by atoms with Gasteiger partial charge in [-0.1, -0.05) is 34.1 Å². The molecule has 1 aliphatic rings. The predicted octanol–water partition coefficient (Wildman–Crippen LogP) is 3.39. The Morgan fingerprint density at radius 1 is 1.12 bits per heavy atom. The summed E-state index contributed by atoms with van der Waals surface area (Å²) < 4.78 is 1.05. The summed E-state index contributed by atoms with van der Waals surface area (Å²) in [6.45, 7) is 0. The number of halogens is 1. The Kier molecular flexibility index (Phi) is 2.48. The smallest absolute Gasteiger partial charge is 0.160 e. The molecule has 16 heavy (non-hydrogen) atoms. The Bertz CT molecular complexity index is 537. The summed E-state index contributed by atoms with van der Waals surface area (Å²) in [4.78, 5) is 9.08. The normalized spacial score (nSPS) is 13.8. The molecule has 0 bridgehead atoms. The second-order valence-corrected chi connectivity index (χ2v) is 4.85. The number of benzene rings is 1. The molecule has 2 aromatic rings. The fourth-order valence-electron chi connectivity index (χ4n) is 2.09. The molecule has 1 aromatic carbocycles. The molecule has 3 rings (SSSR count). The summed E-state index contributed by atoms with van der Waals surface area (Å²) in [5.74, 6) is 0.827. The Hall–Kier alpha value is -1.22. The second kappa shape index (κ2) is 3.98. The zero-order valence-corrected chi connectivity index (χ0v) is 10.4. The summed E-state index contributed by atoms with van der Waals surface area (Å²) in [5.41, 5.74) is 3.61. The van der Waals surface area contributed by atoms with Crippen LogP contribution in [0.25, 0.3) is 11.4 Å². The topological polar surface area (TPSA) is 25.8 Å². The summed E-state index contributed by atoms with van der Waals surface area (Å²) in [6.07, 6.45) is 5.41. The molecular formula is C13H11BrN2. The van der Waals surface area contributed by atoms with E-state index in [1.165, 1.54) is 17.7 Å². The molecule has 1 aliphatic carbocycles. The van der Waals surface area contributed by atoms with Crippen molar-refractivity contribution in [3.8, 4) is 11.4 Å². The maximum absolute atomic E-state index is 4.64. The minimum absolute atomic E-state index is 0.827. The first-order chi connectivity index (χ1) is 7.84. The Labute approximate surface area is 103 Å². The molecule has 0 saturated carbocycles. The number of nitrogens with zero attached hydrogens (tertiary/aromatic N) is 2. The number of rotatable bonds is 1. The average Bonchev–Trinajstić information content (AvgIpc) is 2.76. The molecule has 0 spiro atoms. The van der Waals surface area contributed by atoms with Gasteiger partial charge in [0, 0.05) is 21.9 Å². The maximum atomic E-state index is 4.64. The van der Waals surface area contributed by atoms with Gasteiger partial charge in [0.05, 0.1) is 0 Å². The first-order valence-electron chi connectivity index (χ1n) is 5.44. The molecule has 3 heteroatoms. The molecule has 80 valence electrons. The van der Waals surface area contributed by atoms with Crippen molar-refractivity contribution in [1.82, 2.24) is 9.97 Å². The van der Waals surface area contributed by atoms with Crippen LogP contribution in [0.1, 0.15) is 17.7 Å². The van der Waals surface area contributed by atoms with Crippen LogP contribution in [0.2, 0.25) is 0 Å². The van der Waals surface area contributed by atoms with Crippen molar-refractivity contribution in [2.75, 3.05) is 0 Å². The van der Waals surface area contributed by atoms with Crippen LogP contribution in [0.5, 0.6) is 0 Å². The van der Waals surface area contributed by atoms with Crippen LogP contribution in [0.15, 0.2) is 34.9 Å². The summed E-state index contributed by atoms with van der Waals surface area (Å²) in [6, 6.07) is 8.07. The standard InChI is InChI=1S/C13H11BrN2/c14-11-6-2-1-5-10(11)13-15-8-9-4-3-7-12(9)16-13/h1-2,5-6,8H,3-4,7H2. The van der Waals surface area contributed by atoms with E-state index in [0.29, 0.717) is 0 Å². The van der Waals surface area contributed by atoms with Gasteiger partial charge in [0.1, 0.15) is 0 Å². The molecule has 0 fully saturated rings. The van der Waals surface area contributed by atoms with Crippen molar-refractivity contribution in [1.29, 1.82) is 0 Å². The highest BCUT2D eigenvalue weighted by molar-refractivity contribution is 9.10. The summed E-state index contributed by atoms with van der Waals surface area (Å²) in [5, 5.41) is 0. The number of fused-ring (bicyclic) bond motifs is 1. The van der Waals surface area contributed by atoms with Crippen LogP contribution < -0.4 is 0 Å². The quantitative estimate of drug-likeness (QED) is 0.797. The SMILES string of the molecule is Brc1ccccc1-c1ncc2c(n1)CCC2. The van der Waals surface area contributed by atoms with Crippen molar-refractivity contribution in [3.63, 3.8) is 0 Å². The third-order valence-electron chi connectivity index (χ3n) is 2.93. The van der Waals surface area contributed by atoms with E-state index in [0.717, 1.165) is 28.7 Å². The minimum atomic E-state index is 0.827. The Morgan fingerprint density at radius 2 is 2.00 bits per heavy atom. The van der Waals surface area contributed by atoms with Crippen LogP contribution in [0, 0.1) is 0 Å². The fraction of sp³-hybridized carbons (Fsp3) is 0.231. The second-order valence-electron chi connectivity index (χ2n) is 4.00. The average molecular weight is 275 g/mol.